The van der Waals surface area contributed by atoms with Gasteiger partial charge in [0.25, 0.3) is 0 Å². The number of carbonyl (C=O) groups excluding carboxylic acids is 4. The van der Waals surface area contributed by atoms with Gasteiger partial charge in [-0.05, 0) is 12.1 Å². The van der Waals surface area contributed by atoms with Gasteiger partial charge in [-0.3, -0.25) is 19.3 Å². The summed E-state index contributed by atoms with van der Waals surface area (Å²) in [6.07, 6.45) is 0. The summed E-state index contributed by atoms with van der Waals surface area (Å²) in [5.74, 6) is -1.89. The van der Waals surface area contributed by atoms with E-state index in [0.717, 1.165) is 0 Å². The second-order valence-corrected chi connectivity index (χ2v) is 4.19. The second-order valence-electron chi connectivity index (χ2n) is 4.19. The first-order valence-electron chi connectivity index (χ1n) is 5.76. The average Bonchev–Trinajstić information content (AvgIpc) is 2.65. The van der Waals surface area contributed by atoms with Gasteiger partial charge >= 0.3 is 17.8 Å². The number of ether oxygens (including phenoxy) is 1. The number of amides is 4. The van der Waals surface area contributed by atoms with Gasteiger partial charge in [0.15, 0.2) is 5.78 Å². The van der Waals surface area contributed by atoms with E-state index in [4.69, 9.17) is 4.74 Å². The summed E-state index contributed by atoms with van der Waals surface area (Å²) < 4.78 is 4.99. The zero-order valence-electron chi connectivity index (χ0n) is 11.0. The Kier molecular flexibility index (Phi) is 3.51. The lowest BCUT2D eigenvalue weighted by atomic mass is 10.1. The number of ketones is 1. The number of benzene rings is 1. The Balaban J connectivity index is 2.18. The van der Waals surface area contributed by atoms with Crippen LogP contribution in [0.1, 0.15) is 10.4 Å². The van der Waals surface area contributed by atoms with Gasteiger partial charge in [-0.2, -0.15) is 0 Å². The van der Waals surface area contributed by atoms with Crippen LogP contribution in [0.2, 0.25) is 0 Å². The van der Waals surface area contributed by atoms with Crippen molar-refractivity contribution >= 4 is 23.6 Å². The molecule has 0 N–H and O–H groups in total. The monoisotopic (exact) mass is 276 g/mol. The lowest BCUT2D eigenvalue weighted by Gasteiger charge is -2.12. The van der Waals surface area contributed by atoms with E-state index in [9.17, 15) is 19.2 Å². The normalized spacial score (nSPS) is 15.0. The van der Waals surface area contributed by atoms with Gasteiger partial charge in [-0.1, -0.05) is 12.1 Å². The molecule has 1 aromatic carbocycles. The molecule has 0 aromatic heterocycles. The first-order valence-corrected chi connectivity index (χ1v) is 5.76. The Morgan fingerprint density at radius 2 is 1.90 bits per heavy atom. The molecule has 1 fully saturated rings. The first kappa shape index (κ1) is 13.7. The van der Waals surface area contributed by atoms with Crippen LogP contribution in [0.4, 0.5) is 4.79 Å². The number of urea groups is 1. The Hall–Kier alpha value is -2.70. The quantitative estimate of drug-likeness (QED) is 0.448. The summed E-state index contributed by atoms with van der Waals surface area (Å²) in [6, 6.07) is 5.54. The minimum atomic E-state index is -0.992. The number of methoxy groups -OCH3 is 1. The molecule has 1 aromatic rings. The Labute approximate surface area is 114 Å². The lowest BCUT2D eigenvalue weighted by Crippen LogP contribution is -2.36. The molecular weight excluding hydrogens is 264 g/mol. The highest BCUT2D eigenvalue weighted by atomic mass is 16.5. The van der Waals surface area contributed by atoms with Gasteiger partial charge in [0.1, 0.15) is 5.75 Å². The minimum Gasteiger partial charge on any atom is -0.497 e. The molecule has 0 atom stereocenters. The van der Waals surface area contributed by atoms with Crippen molar-refractivity contribution < 1.29 is 23.9 Å². The van der Waals surface area contributed by atoms with E-state index in [2.05, 4.69) is 0 Å². The van der Waals surface area contributed by atoms with E-state index in [0.29, 0.717) is 21.1 Å². The predicted octanol–water partition coefficient (Wildman–Crippen LogP) is 0.298. The lowest BCUT2D eigenvalue weighted by molar-refractivity contribution is -0.142. The molecule has 1 aliphatic heterocycles. The van der Waals surface area contributed by atoms with Gasteiger partial charge in [0.05, 0.1) is 13.7 Å². The molecule has 0 aliphatic carbocycles. The SMILES string of the molecule is COc1cccc(C(=O)CN2C(=O)C(=O)N(C)C2=O)c1. The molecule has 0 radical (unpaired) electrons. The molecule has 7 heteroatoms. The van der Waals surface area contributed by atoms with Crippen LogP contribution in [-0.2, 0) is 9.59 Å². The van der Waals surface area contributed by atoms with Crippen molar-refractivity contribution in [2.45, 2.75) is 0 Å². The molecule has 2 rings (SSSR count). The smallest absolute Gasteiger partial charge is 0.334 e. The number of likely N-dealkylation sites (N-methyl/N-ethyl adjacent to an activating group) is 1. The van der Waals surface area contributed by atoms with Crippen LogP contribution in [0.5, 0.6) is 5.75 Å². The second kappa shape index (κ2) is 5.12. The highest BCUT2D eigenvalue weighted by Crippen LogP contribution is 2.15. The molecule has 1 saturated heterocycles. The number of carbonyl (C=O) groups is 4. The predicted molar refractivity (Wildman–Crippen MR) is 67.2 cm³/mol. The summed E-state index contributed by atoms with van der Waals surface area (Å²) in [7, 11) is 2.66. The number of nitrogens with zero attached hydrogens (tertiary/aromatic N) is 2. The molecule has 0 unspecified atom stereocenters. The molecule has 7 nitrogen and oxygen atoms in total. The van der Waals surface area contributed by atoms with E-state index in [1.807, 2.05) is 0 Å². The van der Waals surface area contributed by atoms with Crippen molar-refractivity contribution in [3.63, 3.8) is 0 Å². The summed E-state index contributed by atoms with van der Waals surface area (Å²) in [4.78, 5) is 47.9. The van der Waals surface area contributed by atoms with Crippen LogP contribution in [0.3, 0.4) is 0 Å². The van der Waals surface area contributed by atoms with Gasteiger partial charge < -0.3 is 4.74 Å². The van der Waals surface area contributed by atoms with Crippen molar-refractivity contribution in [1.29, 1.82) is 0 Å². The standard InChI is InChI=1S/C13H12N2O5/c1-14-11(17)12(18)15(13(14)19)7-10(16)8-4-3-5-9(6-8)20-2/h3-6H,7H2,1-2H3. The topological polar surface area (TPSA) is 84.0 Å². The third-order valence-corrected chi connectivity index (χ3v) is 2.94. The van der Waals surface area contributed by atoms with E-state index >= 15 is 0 Å². The molecule has 0 spiro atoms. The van der Waals surface area contributed by atoms with Gasteiger partial charge in [-0.25, -0.2) is 9.69 Å². The van der Waals surface area contributed by atoms with E-state index in [-0.39, 0.29) is 0 Å². The molecular formula is C13H12N2O5. The van der Waals surface area contributed by atoms with E-state index in [1.165, 1.54) is 20.2 Å². The first-order chi connectivity index (χ1) is 9.45. The number of hydrogen-bond acceptors (Lipinski definition) is 5. The molecule has 0 bridgehead atoms. The van der Waals surface area contributed by atoms with E-state index in [1.54, 1.807) is 18.2 Å². The largest absolute Gasteiger partial charge is 0.497 e. The van der Waals surface area contributed by atoms with Crippen LogP contribution >= 0.6 is 0 Å². The zero-order chi connectivity index (χ0) is 14.9. The molecule has 20 heavy (non-hydrogen) atoms. The van der Waals surface area contributed by atoms with Crippen LogP contribution in [0.15, 0.2) is 24.3 Å². The van der Waals surface area contributed by atoms with Crippen molar-refractivity contribution in [3.8, 4) is 5.75 Å². The fraction of sp³-hybridized carbons (Fsp3) is 0.231. The Bertz CT molecular complexity index is 611. The van der Waals surface area contributed by atoms with Crippen molar-refractivity contribution in [3.05, 3.63) is 29.8 Å². The van der Waals surface area contributed by atoms with Crippen LogP contribution in [-0.4, -0.2) is 54.1 Å². The molecule has 104 valence electrons. The highest BCUT2D eigenvalue weighted by molar-refractivity contribution is 6.45. The maximum Gasteiger partial charge on any atom is 0.334 e. The Morgan fingerprint density at radius 3 is 2.45 bits per heavy atom. The maximum absolute atomic E-state index is 12.0. The highest BCUT2D eigenvalue weighted by Gasteiger charge is 2.42. The summed E-state index contributed by atoms with van der Waals surface area (Å²) in [5, 5.41) is 0. The fourth-order valence-corrected chi connectivity index (χ4v) is 1.78. The summed E-state index contributed by atoms with van der Waals surface area (Å²) in [5.41, 5.74) is 0.298. The van der Waals surface area contributed by atoms with Crippen molar-refractivity contribution in [2.24, 2.45) is 0 Å². The molecule has 1 aliphatic rings. The molecule has 4 amide bonds. The van der Waals surface area contributed by atoms with Gasteiger partial charge in [-0.15, -0.1) is 0 Å². The van der Waals surface area contributed by atoms with Crippen molar-refractivity contribution in [1.82, 2.24) is 9.80 Å². The van der Waals surface area contributed by atoms with Crippen LogP contribution < -0.4 is 4.74 Å². The Morgan fingerprint density at radius 1 is 1.20 bits per heavy atom. The van der Waals surface area contributed by atoms with Gasteiger partial charge in [0.2, 0.25) is 0 Å². The minimum absolute atomic E-state index is 0.298. The molecule has 1 heterocycles. The number of Topliss-reactive ketones (excluding diaryl/α,β-unsaturated/α-hetero) is 1. The number of imide groups is 2. The third kappa shape index (κ3) is 2.25. The van der Waals surface area contributed by atoms with Crippen LogP contribution in [0.25, 0.3) is 0 Å². The summed E-state index contributed by atoms with van der Waals surface area (Å²) >= 11 is 0. The average molecular weight is 276 g/mol. The number of hydrogen-bond donors (Lipinski definition) is 0. The van der Waals surface area contributed by atoms with E-state index < -0.39 is 30.2 Å². The van der Waals surface area contributed by atoms with Gasteiger partial charge in [0, 0.05) is 12.6 Å². The number of rotatable bonds is 4. The fourth-order valence-electron chi connectivity index (χ4n) is 1.78. The maximum atomic E-state index is 12.0. The van der Waals surface area contributed by atoms with Crippen molar-refractivity contribution in [2.75, 3.05) is 20.7 Å². The third-order valence-electron chi connectivity index (χ3n) is 2.94. The van der Waals surface area contributed by atoms with Crippen LogP contribution in [0, 0.1) is 0 Å². The summed E-state index contributed by atoms with van der Waals surface area (Å²) in [6.45, 7) is -0.471. The zero-order valence-corrected chi connectivity index (χ0v) is 11.0. The molecule has 0 saturated carbocycles.